The molecule has 0 aliphatic rings. The summed E-state index contributed by atoms with van der Waals surface area (Å²) in [6.07, 6.45) is 0. The number of halogens is 1. The lowest BCUT2D eigenvalue weighted by Gasteiger charge is -2.03. The molecule has 2 N–H and O–H groups in total. The summed E-state index contributed by atoms with van der Waals surface area (Å²) in [5, 5.41) is 11.0. The van der Waals surface area contributed by atoms with Gasteiger partial charge in [0.05, 0.1) is 11.5 Å². The lowest BCUT2D eigenvalue weighted by atomic mass is 10.2. The predicted molar refractivity (Wildman–Crippen MR) is 68.9 cm³/mol. The van der Waals surface area contributed by atoms with E-state index in [1.54, 1.807) is 12.1 Å². The zero-order valence-corrected chi connectivity index (χ0v) is 10.8. The number of hydrogen-bond donors (Lipinski definition) is 2. The number of carboxylic acid groups (broad SMARTS) is 1. The molecule has 0 unspecified atom stereocenters. The first-order chi connectivity index (χ1) is 8.49. The van der Waals surface area contributed by atoms with Gasteiger partial charge in [0.1, 0.15) is 0 Å². The Morgan fingerprint density at radius 2 is 1.78 bits per heavy atom. The highest BCUT2D eigenvalue weighted by molar-refractivity contribution is 8.00. The summed E-state index contributed by atoms with van der Waals surface area (Å²) in [7, 11) is 0. The topological polar surface area (TPSA) is 83.5 Å². The number of carbonyl (C=O) groups is 3. The van der Waals surface area contributed by atoms with Gasteiger partial charge in [0.15, 0.2) is 0 Å². The highest BCUT2D eigenvalue weighted by atomic mass is 35.5. The molecule has 0 saturated heterocycles. The van der Waals surface area contributed by atoms with E-state index in [0.717, 1.165) is 11.8 Å². The van der Waals surface area contributed by atoms with Crippen molar-refractivity contribution in [2.45, 2.75) is 0 Å². The molecule has 7 heteroatoms. The van der Waals surface area contributed by atoms with Crippen molar-refractivity contribution in [3.8, 4) is 0 Å². The maximum atomic E-state index is 11.6. The first-order valence-corrected chi connectivity index (χ1v) is 6.41. The summed E-state index contributed by atoms with van der Waals surface area (Å²) >= 11 is 6.59. The summed E-state index contributed by atoms with van der Waals surface area (Å²) in [6, 6.07) is 6.07. The normalized spacial score (nSPS) is 9.83. The summed E-state index contributed by atoms with van der Waals surface area (Å²) in [5.41, 5.74) is 0.316. The van der Waals surface area contributed by atoms with Gasteiger partial charge in [-0.1, -0.05) is 11.6 Å². The molecule has 0 spiro atoms. The number of benzene rings is 1. The second-order valence-electron chi connectivity index (χ2n) is 3.27. The van der Waals surface area contributed by atoms with Crippen LogP contribution in [0.1, 0.15) is 10.4 Å². The van der Waals surface area contributed by atoms with Crippen LogP contribution in [0.25, 0.3) is 0 Å². The number of thioether (sulfide) groups is 1. The van der Waals surface area contributed by atoms with Gasteiger partial charge in [-0.05, 0) is 24.3 Å². The Morgan fingerprint density at radius 3 is 2.33 bits per heavy atom. The molecule has 0 aliphatic heterocycles. The van der Waals surface area contributed by atoms with Gasteiger partial charge in [0, 0.05) is 10.6 Å². The zero-order valence-electron chi connectivity index (χ0n) is 9.18. The minimum atomic E-state index is -1.00. The average Bonchev–Trinajstić information content (AvgIpc) is 2.29. The van der Waals surface area contributed by atoms with Gasteiger partial charge in [-0.15, -0.1) is 11.8 Å². The monoisotopic (exact) mass is 287 g/mol. The Bertz CT molecular complexity index is 461. The van der Waals surface area contributed by atoms with E-state index in [2.05, 4.69) is 5.32 Å². The Morgan fingerprint density at radius 1 is 1.17 bits per heavy atom. The van der Waals surface area contributed by atoms with Crippen LogP contribution in [0.3, 0.4) is 0 Å². The molecule has 0 fully saturated rings. The number of aliphatic carboxylic acids is 1. The van der Waals surface area contributed by atoms with E-state index in [1.807, 2.05) is 0 Å². The zero-order chi connectivity index (χ0) is 13.5. The Labute approximate surface area is 113 Å². The molecule has 5 nitrogen and oxygen atoms in total. The highest BCUT2D eigenvalue weighted by Crippen LogP contribution is 2.09. The molecular weight excluding hydrogens is 278 g/mol. The molecule has 18 heavy (non-hydrogen) atoms. The minimum absolute atomic E-state index is 0.0777. The van der Waals surface area contributed by atoms with Crippen molar-refractivity contribution in [1.29, 1.82) is 0 Å². The van der Waals surface area contributed by atoms with Gasteiger partial charge in [0.2, 0.25) is 5.91 Å². The fourth-order valence-corrected chi connectivity index (χ4v) is 1.73. The Hall–Kier alpha value is -1.53. The van der Waals surface area contributed by atoms with Crippen molar-refractivity contribution in [2.75, 3.05) is 11.5 Å². The van der Waals surface area contributed by atoms with Gasteiger partial charge in [-0.25, -0.2) is 0 Å². The van der Waals surface area contributed by atoms with E-state index in [9.17, 15) is 14.4 Å². The lowest BCUT2D eigenvalue weighted by molar-refractivity contribution is -0.133. The van der Waals surface area contributed by atoms with E-state index in [4.69, 9.17) is 16.7 Å². The summed E-state index contributed by atoms with van der Waals surface area (Å²) in [4.78, 5) is 33.1. The molecule has 1 aromatic carbocycles. The van der Waals surface area contributed by atoms with Crippen molar-refractivity contribution in [3.63, 3.8) is 0 Å². The van der Waals surface area contributed by atoms with Crippen LogP contribution < -0.4 is 5.32 Å². The lowest BCUT2D eigenvalue weighted by Crippen LogP contribution is -2.32. The van der Waals surface area contributed by atoms with Crippen LogP contribution in [0.5, 0.6) is 0 Å². The summed E-state index contributed by atoms with van der Waals surface area (Å²) in [6.45, 7) is 0. The van der Waals surface area contributed by atoms with Crippen LogP contribution in [0.4, 0.5) is 0 Å². The number of hydrogen-bond acceptors (Lipinski definition) is 4. The van der Waals surface area contributed by atoms with Crippen molar-refractivity contribution < 1.29 is 19.5 Å². The quantitative estimate of drug-likeness (QED) is 0.855. The van der Waals surface area contributed by atoms with Crippen LogP contribution in [0.15, 0.2) is 24.3 Å². The molecule has 0 saturated carbocycles. The SMILES string of the molecule is O=C(O)CSCC(=O)NC(=O)c1ccc(Cl)cc1. The number of amides is 2. The standard InChI is InChI=1S/C11H10ClNO4S/c12-8-3-1-7(2-4-8)11(17)13-9(14)5-18-6-10(15)16/h1-4H,5-6H2,(H,15,16)(H,13,14,17). The van der Waals surface area contributed by atoms with Gasteiger partial charge < -0.3 is 5.11 Å². The molecule has 0 atom stereocenters. The second-order valence-corrected chi connectivity index (χ2v) is 4.69. The second kappa shape index (κ2) is 7.03. The molecule has 0 radical (unpaired) electrons. The molecule has 2 amide bonds. The van der Waals surface area contributed by atoms with E-state index in [-0.39, 0.29) is 11.5 Å². The Balaban J connectivity index is 2.42. The van der Waals surface area contributed by atoms with Crippen LogP contribution in [0, 0.1) is 0 Å². The van der Waals surface area contributed by atoms with E-state index >= 15 is 0 Å². The third-order valence-electron chi connectivity index (χ3n) is 1.82. The van der Waals surface area contributed by atoms with Crippen LogP contribution >= 0.6 is 23.4 Å². The van der Waals surface area contributed by atoms with Crippen molar-refractivity contribution in [3.05, 3.63) is 34.9 Å². The van der Waals surface area contributed by atoms with E-state index < -0.39 is 17.8 Å². The molecule has 1 rings (SSSR count). The molecule has 0 heterocycles. The van der Waals surface area contributed by atoms with Crippen LogP contribution in [0.2, 0.25) is 5.02 Å². The minimum Gasteiger partial charge on any atom is -0.481 e. The van der Waals surface area contributed by atoms with Gasteiger partial charge in [0.25, 0.3) is 5.91 Å². The number of rotatable bonds is 5. The van der Waals surface area contributed by atoms with E-state index in [1.165, 1.54) is 12.1 Å². The fourth-order valence-electron chi connectivity index (χ4n) is 1.07. The highest BCUT2D eigenvalue weighted by Gasteiger charge is 2.10. The van der Waals surface area contributed by atoms with Gasteiger partial charge in [-0.3, -0.25) is 19.7 Å². The average molecular weight is 288 g/mol. The van der Waals surface area contributed by atoms with Crippen molar-refractivity contribution in [2.24, 2.45) is 0 Å². The molecule has 1 aromatic rings. The molecule has 0 aliphatic carbocycles. The molecule has 0 aromatic heterocycles. The smallest absolute Gasteiger partial charge is 0.313 e. The fraction of sp³-hybridized carbons (Fsp3) is 0.182. The van der Waals surface area contributed by atoms with Crippen molar-refractivity contribution in [1.82, 2.24) is 5.32 Å². The number of imide groups is 1. The summed E-state index contributed by atoms with van der Waals surface area (Å²) in [5.74, 6) is -2.32. The summed E-state index contributed by atoms with van der Waals surface area (Å²) < 4.78 is 0. The Kier molecular flexibility index (Phi) is 5.67. The van der Waals surface area contributed by atoms with Gasteiger partial charge >= 0.3 is 5.97 Å². The molecule has 96 valence electrons. The van der Waals surface area contributed by atoms with Crippen molar-refractivity contribution >= 4 is 41.1 Å². The van der Waals surface area contributed by atoms with Crippen LogP contribution in [-0.4, -0.2) is 34.4 Å². The largest absolute Gasteiger partial charge is 0.481 e. The third kappa shape index (κ3) is 5.20. The first-order valence-electron chi connectivity index (χ1n) is 4.88. The van der Waals surface area contributed by atoms with Crippen LogP contribution in [-0.2, 0) is 9.59 Å². The number of carboxylic acids is 1. The predicted octanol–water partition coefficient (Wildman–Crippen LogP) is 1.41. The maximum absolute atomic E-state index is 11.6. The molecular formula is C11H10ClNO4S. The van der Waals surface area contributed by atoms with E-state index in [0.29, 0.717) is 10.6 Å². The molecule has 0 bridgehead atoms. The first kappa shape index (κ1) is 14.5. The third-order valence-corrected chi connectivity index (χ3v) is 2.99. The number of nitrogens with one attached hydrogen (secondary N) is 1. The maximum Gasteiger partial charge on any atom is 0.313 e. The number of carbonyl (C=O) groups excluding carboxylic acids is 2. The van der Waals surface area contributed by atoms with Gasteiger partial charge in [-0.2, -0.15) is 0 Å².